The third kappa shape index (κ3) is 2.23. The molecular formula is C11H15FN2O4. The van der Waals surface area contributed by atoms with Crippen molar-refractivity contribution in [2.45, 2.75) is 25.7 Å². The number of hydrogen-bond acceptors (Lipinski definition) is 5. The fourth-order valence-electron chi connectivity index (χ4n) is 1.90. The lowest BCUT2D eigenvalue weighted by Gasteiger charge is -2.34. The molecule has 1 aromatic heterocycles. The highest BCUT2D eigenvalue weighted by molar-refractivity contribution is 5.05. The van der Waals surface area contributed by atoms with E-state index in [-0.39, 0.29) is 24.6 Å². The standard InChI is InChI=1S/C11H15FN2O4/c1-6(5-15)8-3-9(17-2)14-4-7(12)10(16)13-11(14)18-8/h4,6,8-9,15H,3,5H2,1-2H3/t6?,8-,9+/m0/s1. The van der Waals surface area contributed by atoms with Gasteiger partial charge in [0.25, 0.3) is 0 Å². The zero-order chi connectivity index (χ0) is 13.3. The monoisotopic (exact) mass is 258 g/mol. The number of methoxy groups -OCH3 is 1. The summed E-state index contributed by atoms with van der Waals surface area (Å²) in [6, 6.07) is 0.0183. The summed E-state index contributed by atoms with van der Waals surface area (Å²) in [7, 11) is 1.48. The first-order valence-corrected chi connectivity index (χ1v) is 5.65. The second kappa shape index (κ2) is 5.03. The van der Waals surface area contributed by atoms with Crippen LogP contribution in [0.2, 0.25) is 0 Å². The Hall–Kier alpha value is -1.47. The van der Waals surface area contributed by atoms with E-state index in [4.69, 9.17) is 14.6 Å². The summed E-state index contributed by atoms with van der Waals surface area (Å²) in [5, 5.41) is 9.12. The van der Waals surface area contributed by atoms with E-state index in [0.29, 0.717) is 6.42 Å². The first-order chi connectivity index (χ1) is 8.56. The highest BCUT2D eigenvalue weighted by Gasteiger charge is 2.32. The molecule has 100 valence electrons. The number of aliphatic hydroxyl groups excluding tert-OH is 1. The van der Waals surface area contributed by atoms with Crippen LogP contribution in [-0.2, 0) is 4.74 Å². The predicted octanol–water partition coefficient (Wildman–Crippen LogP) is 0.307. The number of halogens is 1. The van der Waals surface area contributed by atoms with E-state index in [9.17, 15) is 9.18 Å². The molecule has 1 aliphatic rings. The van der Waals surface area contributed by atoms with Gasteiger partial charge in [0.15, 0.2) is 0 Å². The Morgan fingerprint density at radius 3 is 3.11 bits per heavy atom. The van der Waals surface area contributed by atoms with Gasteiger partial charge in [0.05, 0.1) is 6.20 Å². The summed E-state index contributed by atoms with van der Waals surface area (Å²) in [5.74, 6) is -1.07. The Morgan fingerprint density at radius 2 is 2.50 bits per heavy atom. The zero-order valence-electron chi connectivity index (χ0n) is 10.2. The van der Waals surface area contributed by atoms with Crippen LogP contribution in [0.4, 0.5) is 4.39 Å². The van der Waals surface area contributed by atoms with Crippen molar-refractivity contribution in [1.82, 2.24) is 9.55 Å². The van der Waals surface area contributed by atoms with Crippen molar-refractivity contribution in [2.75, 3.05) is 13.7 Å². The lowest BCUT2D eigenvalue weighted by atomic mass is 10.0. The zero-order valence-corrected chi connectivity index (χ0v) is 10.2. The van der Waals surface area contributed by atoms with Crippen LogP contribution in [0.1, 0.15) is 19.6 Å². The van der Waals surface area contributed by atoms with Gasteiger partial charge in [-0.2, -0.15) is 9.37 Å². The van der Waals surface area contributed by atoms with Gasteiger partial charge >= 0.3 is 11.6 Å². The van der Waals surface area contributed by atoms with Crippen LogP contribution in [0.25, 0.3) is 0 Å². The van der Waals surface area contributed by atoms with E-state index in [1.54, 1.807) is 0 Å². The van der Waals surface area contributed by atoms with Crippen molar-refractivity contribution in [1.29, 1.82) is 0 Å². The maximum Gasteiger partial charge on any atom is 0.311 e. The predicted molar refractivity (Wildman–Crippen MR) is 59.8 cm³/mol. The van der Waals surface area contributed by atoms with Crippen LogP contribution in [0.3, 0.4) is 0 Å². The second-order valence-corrected chi connectivity index (χ2v) is 4.33. The molecule has 1 aliphatic heterocycles. The van der Waals surface area contributed by atoms with Crippen molar-refractivity contribution in [2.24, 2.45) is 5.92 Å². The number of aliphatic hydroxyl groups is 1. The van der Waals surface area contributed by atoms with Gasteiger partial charge < -0.3 is 14.6 Å². The van der Waals surface area contributed by atoms with Gasteiger partial charge in [-0.05, 0) is 0 Å². The van der Waals surface area contributed by atoms with Crippen molar-refractivity contribution >= 4 is 0 Å². The van der Waals surface area contributed by atoms with Crippen LogP contribution < -0.4 is 10.3 Å². The molecule has 0 spiro atoms. The summed E-state index contributed by atoms with van der Waals surface area (Å²) in [5.41, 5.74) is -0.964. The Balaban J connectivity index is 2.39. The maximum atomic E-state index is 13.2. The van der Waals surface area contributed by atoms with Crippen LogP contribution in [0, 0.1) is 11.7 Å². The van der Waals surface area contributed by atoms with E-state index < -0.39 is 17.6 Å². The van der Waals surface area contributed by atoms with Crippen molar-refractivity contribution < 1.29 is 19.0 Å². The molecule has 2 heterocycles. The highest BCUT2D eigenvalue weighted by Crippen LogP contribution is 2.30. The minimum Gasteiger partial charge on any atom is -0.461 e. The van der Waals surface area contributed by atoms with Gasteiger partial charge in [0, 0.05) is 26.1 Å². The molecular weight excluding hydrogens is 243 g/mol. The SMILES string of the molecule is CO[C@@H]1C[C@@H](C(C)CO)Oc2nc(=O)c(F)cn21. The maximum absolute atomic E-state index is 13.2. The lowest BCUT2D eigenvalue weighted by Crippen LogP contribution is -2.38. The van der Waals surface area contributed by atoms with E-state index >= 15 is 0 Å². The molecule has 0 bridgehead atoms. The average molecular weight is 258 g/mol. The smallest absolute Gasteiger partial charge is 0.311 e. The summed E-state index contributed by atoms with van der Waals surface area (Å²) < 4.78 is 25.3. The van der Waals surface area contributed by atoms with Gasteiger partial charge in [-0.15, -0.1) is 0 Å². The second-order valence-electron chi connectivity index (χ2n) is 4.33. The lowest BCUT2D eigenvalue weighted by molar-refractivity contribution is -0.0553. The Kier molecular flexibility index (Phi) is 3.63. The first-order valence-electron chi connectivity index (χ1n) is 5.65. The number of fused-ring (bicyclic) bond motifs is 1. The molecule has 0 radical (unpaired) electrons. The molecule has 0 aliphatic carbocycles. The molecule has 1 aromatic rings. The highest BCUT2D eigenvalue weighted by atomic mass is 19.1. The molecule has 2 rings (SSSR count). The molecule has 6 nitrogen and oxygen atoms in total. The van der Waals surface area contributed by atoms with Crippen LogP contribution in [0.5, 0.6) is 6.01 Å². The van der Waals surface area contributed by atoms with Gasteiger partial charge in [-0.3, -0.25) is 9.36 Å². The molecule has 0 fully saturated rings. The third-order valence-corrected chi connectivity index (χ3v) is 3.07. The Morgan fingerprint density at radius 1 is 1.78 bits per heavy atom. The van der Waals surface area contributed by atoms with Crippen molar-refractivity contribution in [3.63, 3.8) is 0 Å². The number of nitrogens with zero attached hydrogens (tertiary/aromatic N) is 2. The Labute approximate surface area is 103 Å². The molecule has 1 N–H and O–H groups in total. The van der Waals surface area contributed by atoms with E-state index in [1.165, 1.54) is 11.7 Å². The van der Waals surface area contributed by atoms with Crippen LogP contribution in [0.15, 0.2) is 11.0 Å². The number of aromatic nitrogens is 2. The van der Waals surface area contributed by atoms with Crippen molar-refractivity contribution in [3.8, 4) is 6.01 Å². The molecule has 3 atom stereocenters. The van der Waals surface area contributed by atoms with Crippen molar-refractivity contribution in [3.05, 3.63) is 22.4 Å². The van der Waals surface area contributed by atoms with E-state index in [0.717, 1.165) is 6.20 Å². The fraction of sp³-hybridized carbons (Fsp3) is 0.636. The average Bonchev–Trinajstić information content (AvgIpc) is 2.38. The molecule has 0 aromatic carbocycles. The number of hydrogen-bond donors (Lipinski definition) is 1. The third-order valence-electron chi connectivity index (χ3n) is 3.07. The quantitative estimate of drug-likeness (QED) is 0.844. The summed E-state index contributed by atoms with van der Waals surface area (Å²) in [4.78, 5) is 14.7. The van der Waals surface area contributed by atoms with Gasteiger partial charge in [-0.1, -0.05) is 6.92 Å². The van der Waals surface area contributed by atoms with E-state index in [2.05, 4.69) is 4.98 Å². The minimum absolute atomic E-state index is 0.0183. The minimum atomic E-state index is -0.964. The fourth-order valence-corrected chi connectivity index (χ4v) is 1.90. The molecule has 0 saturated heterocycles. The number of ether oxygens (including phenoxy) is 2. The van der Waals surface area contributed by atoms with E-state index in [1.807, 2.05) is 6.92 Å². The van der Waals surface area contributed by atoms with Gasteiger partial charge in [-0.25, -0.2) is 0 Å². The van der Waals surface area contributed by atoms with Crippen LogP contribution >= 0.6 is 0 Å². The molecule has 0 saturated carbocycles. The summed E-state index contributed by atoms with van der Waals surface area (Å²) in [6.07, 6.45) is 0.695. The van der Waals surface area contributed by atoms with Gasteiger partial charge in [0.1, 0.15) is 12.3 Å². The number of rotatable bonds is 3. The molecule has 0 amide bonds. The Bertz CT molecular complexity index is 490. The topological polar surface area (TPSA) is 73.6 Å². The first kappa shape index (κ1) is 13.0. The summed E-state index contributed by atoms with van der Waals surface area (Å²) >= 11 is 0. The molecule has 18 heavy (non-hydrogen) atoms. The van der Waals surface area contributed by atoms with Gasteiger partial charge in [0.2, 0.25) is 5.82 Å². The summed E-state index contributed by atoms with van der Waals surface area (Å²) in [6.45, 7) is 1.77. The molecule has 7 heteroatoms. The largest absolute Gasteiger partial charge is 0.461 e. The molecule has 1 unspecified atom stereocenters. The normalized spacial score (nSPS) is 24.2. The van der Waals surface area contributed by atoms with Crippen LogP contribution in [-0.4, -0.2) is 34.5 Å².